The molecule has 24 heavy (non-hydrogen) atoms. The maximum Gasteiger partial charge on any atom is 0.354 e. The Morgan fingerprint density at radius 2 is 1.79 bits per heavy atom. The Labute approximate surface area is 139 Å². The van der Waals surface area contributed by atoms with Gasteiger partial charge in [0.2, 0.25) is 0 Å². The molecule has 0 saturated heterocycles. The number of esters is 2. The van der Waals surface area contributed by atoms with E-state index in [2.05, 4.69) is 14.8 Å². The fraction of sp³-hybridized carbons (Fsp3) is 0.286. The number of nitrogens with one attached hydrogen (secondary N) is 1. The largest absolute Gasteiger partial charge is 0.495 e. The average Bonchev–Trinajstić information content (AvgIpc) is 2.52. The molecule has 0 bridgehead atoms. The third-order valence-electron chi connectivity index (χ3n) is 2.91. The van der Waals surface area contributed by atoms with Gasteiger partial charge in [-0.05, 0) is 18.6 Å². The number of benzene rings is 1. The van der Waals surface area contributed by atoms with Crippen molar-refractivity contribution in [2.24, 2.45) is 0 Å². The van der Waals surface area contributed by atoms with Gasteiger partial charge in [0.05, 0.1) is 33.1 Å². The molecule has 1 aromatic carbocycles. The average molecular weight is 359 g/mol. The lowest BCUT2D eigenvalue weighted by atomic mass is 10.2. The van der Waals surface area contributed by atoms with Gasteiger partial charge in [0.1, 0.15) is 16.3 Å². The van der Waals surface area contributed by atoms with Crippen LogP contribution in [0.25, 0.3) is 0 Å². The second kappa shape index (κ2) is 7.79. The van der Waals surface area contributed by atoms with E-state index in [1.54, 1.807) is 0 Å². The molecule has 2 N–H and O–H groups in total. The Morgan fingerprint density at radius 1 is 1.17 bits per heavy atom. The van der Waals surface area contributed by atoms with Gasteiger partial charge in [-0.1, -0.05) is 0 Å². The Kier molecular flexibility index (Phi) is 6.32. The summed E-state index contributed by atoms with van der Waals surface area (Å²) in [5, 5.41) is 2.62. The maximum absolute atomic E-state index is 11.7. The minimum Gasteiger partial charge on any atom is -0.495 e. The first kappa shape index (κ1) is 19.5. The van der Waals surface area contributed by atoms with Gasteiger partial charge in [0.15, 0.2) is 0 Å². The molecule has 0 aromatic heterocycles. The summed E-state index contributed by atoms with van der Waals surface area (Å²) < 4.78 is 45.9. The zero-order valence-electron chi connectivity index (χ0n) is 13.4. The zero-order chi connectivity index (χ0) is 18.5. The molecule has 132 valence electrons. The Balaban J connectivity index is 3.39. The van der Waals surface area contributed by atoms with Crippen LogP contribution >= 0.6 is 0 Å². The molecule has 0 aliphatic rings. The molecular weight excluding hydrogens is 342 g/mol. The van der Waals surface area contributed by atoms with Crippen molar-refractivity contribution in [1.29, 1.82) is 0 Å². The van der Waals surface area contributed by atoms with Crippen LogP contribution in [-0.2, 0) is 29.2 Å². The van der Waals surface area contributed by atoms with Crippen molar-refractivity contribution < 1.29 is 36.8 Å². The Morgan fingerprint density at radius 3 is 2.25 bits per heavy atom. The van der Waals surface area contributed by atoms with E-state index < -0.39 is 22.1 Å². The standard InChI is InChI=1S/C14H17NO8S/c1-8-5-9(11(21-2)7-12(8)24(18,19)20)15-10(14(17)23-4)6-13(16)22-3/h5-7,15H,1-4H3,(H,18,19,20)/b10-6+. The van der Waals surface area contributed by atoms with Crippen molar-refractivity contribution in [3.8, 4) is 5.75 Å². The first-order valence-electron chi connectivity index (χ1n) is 6.45. The summed E-state index contributed by atoms with van der Waals surface area (Å²) in [6.45, 7) is 1.44. The fourth-order valence-electron chi connectivity index (χ4n) is 1.79. The van der Waals surface area contributed by atoms with Crippen LogP contribution in [0.15, 0.2) is 28.8 Å². The van der Waals surface area contributed by atoms with Gasteiger partial charge in [0.25, 0.3) is 10.1 Å². The summed E-state index contributed by atoms with van der Waals surface area (Å²) in [7, 11) is -0.912. The van der Waals surface area contributed by atoms with Gasteiger partial charge < -0.3 is 19.5 Å². The van der Waals surface area contributed by atoms with E-state index in [-0.39, 0.29) is 27.6 Å². The second-order valence-corrected chi connectivity index (χ2v) is 5.88. The van der Waals surface area contributed by atoms with Gasteiger partial charge in [-0.3, -0.25) is 4.55 Å². The van der Waals surface area contributed by atoms with Crippen LogP contribution < -0.4 is 10.1 Å². The van der Waals surface area contributed by atoms with Crippen LogP contribution in [0.5, 0.6) is 5.75 Å². The van der Waals surface area contributed by atoms with Crippen molar-refractivity contribution in [2.75, 3.05) is 26.6 Å². The number of ether oxygens (including phenoxy) is 3. The van der Waals surface area contributed by atoms with Gasteiger partial charge >= 0.3 is 11.9 Å². The lowest BCUT2D eigenvalue weighted by molar-refractivity contribution is -0.138. The zero-order valence-corrected chi connectivity index (χ0v) is 14.3. The molecular formula is C14H17NO8S. The molecule has 0 fully saturated rings. The van der Waals surface area contributed by atoms with E-state index in [4.69, 9.17) is 4.74 Å². The Hall–Kier alpha value is -2.59. The quantitative estimate of drug-likeness (QED) is 0.432. The van der Waals surface area contributed by atoms with Gasteiger partial charge in [0, 0.05) is 6.07 Å². The highest BCUT2D eigenvalue weighted by Crippen LogP contribution is 2.31. The van der Waals surface area contributed by atoms with E-state index in [0.29, 0.717) is 0 Å². The summed E-state index contributed by atoms with van der Waals surface area (Å²) in [5.41, 5.74) is 0.132. The number of anilines is 1. The SMILES string of the molecule is COC(=O)/C=C(/Nc1cc(C)c(S(=O)(=O)O)cc1OC)C(=O)OC. The lowest BCUT2D eigenvalue weighted by Gasteiger charge is -2.15. The monoisotopic (exact) mass is 359 g/mol. The molecule has 9 nitrogen and oxygen atoms in total. The molecule has 0 unspecified atom stereocenters. The van der Waals surface area contributed by atoms with Crippen molar-refractivity contribution in [2.45, 2.75) is 11.8 Å². The second-order valence-electron chi connectivity index (χ2n) is 4.49. The third-order valence-corrected chi connectivity index (χ3v) is 3.91. The number of carbonyl (C=O) groups excluding carboxylic acids is 2. The van der Waals surface area contributed by atoms with E-state index in [1.807, 2.05) is 0 Å². The number of rotatable bonds is 6. The summed E-state index contributed by atoms with van der Waals surface area (Å²) >= 11 is 0. The van der Waals surface area contributed by atoms with Crippen LogP contribution in [0.1, 0.15) is 5.56 Å². The van der Waals surface area contributed by atoms with E-state index in [0.717, 1.165) is 26.4 Å². The smallest absolute Gasteiger partial charge is 0.354 e. The molecule has 0 aliphatic heterocycles. The van der Waals surface area contributed by atoms with Crippen molar-refractivity contribution >= 4 is 27.7 Å². The molecule has 1 rings (SSSR count). The van der Waals surface area contributed by atoms with Crippen LogP contribution in [0.4, 0.5) is 5.69 Å². The molecule has 0 aliphatic carbocycles. The van der Waals surface area contributed by atoms with E-state index in [1.165, 1.54) is 20.1 Å². The molecule has 0 spiro atoms. The van der Waals surface area contributed by atoms with Crippen molar-refractivity contribution in [1.82, 2.24) is 0 Å². The minimum absolute atomic E-state index is 0.0212. The highest BCUT2D eigenvalue weighted by Gasteiger charge is 2.20. The first-order valence-corrected chi connectivity index (χ1v) is 7.89. The maximum atomic E-state index is 11.7. The summed E-state index contributed by atoms with van der Waals surface area (Å²) in [6.07, 6.45) is 0.872. The van der Waals surface area contributed by atoms with Gasteiger partial charge in [-0.2, -0.15) is 8.42 Å². The molecule has 0 atom stereocenters. The minimum atomic E-state index is -4.44. The predicted molar refractivity (Wildman–Crippen MR) is 83.3 cm³/mol. The Bertz CT molecular complexity index is 782. The van der Waals surface area contributed by atoms with Gasteiger partial charge in [-0.25, -0.2) is 9.59 Å². The number of hydrogen-bond donors (Lipinski definition) is 2. The number of aryl methyl sites for hydroxylation is 1. The molecule has 0 radical (unpaired) electrons. The highest BCUT2D eigenvalue weighted by molar-refractivity contribution is 7.85. The molecule has 0 heterocycles. The lowest BCUT2D eigenvalue weighted by Crippen LogP contribution is -2.16. The molecule has 0 amide bonds. The first-order chi connectivity index (χ1) is 11.1. The summed E-state index contributed by atoms with van der Waals surface area (Å²) in [4.78, 5) is 22.7. The van der Waals surface area contributed by atoms with E-state index in [9.17, 15) is 22.6 Å². The topological polar surface area (TPSA) is 128 Å². The van der Waals surface area contributed by atoms with E-state index >= 15 is 0 Å². The van der Waals surface area contributed by atoms with Crippen LogP contribution in [-0.4, -0.2) is 46.2 Å². The van der Waals surface area contributed by atoms with Gasteiger partial charge in [-0.15, -0.1) is 0 Å². The predicted octanol–water partition coefficient (Wildman–Crippen LogP) is 0.892. The highest BCUT2D eigenvalue weighted by atomic mass is 32.2. The normalized spacial score (nSPS) is 11.6. The molecule has 0 saturated carbocycles. The molecule has 10 heteroatoms. The van der Waals surface area contributed by atoms with Crippen molar-refractivity contribution in [3.05, 3.63) is 29.5 Å². The third kappa shape index (κ3) is 4.70. The van der Waals surface area contributed by atoms with Crippen molar-refractivity contribution in [3.63, 3.8) is 0 Å². The van der Waals surface area contributed by atoms with Crippen LogP contribution in [0.3, 0.4) is 0 Å². The number of hydrogen-bond acceptors (Lipinski definition) is 8. The number of methoxy groups -OCH3 is 3. The summed E-state index contributed by atoms with van der Waals surface area (Å²) in [5.74, 6) is -1.62. The molecule has 1 aromatic rings. The fourth-order valence-corrected chi connectivity index (χ4v) is 2.51. The van der Waals surface area contributed by atoms with Crippen LogP contribution in [0.2, 0.25) is 0 Å². The summed E-state index contributed by atoms with van der Waals surface area (Å²) in [6, 6.07) is 2.41. The number of carbonyl (C=O) groups is 2. The van der Waals surface area contributed by atoms with Crippen LogP contribution in [0, 0.1) is 6.92 Å².